The fourth-order valence-corrected chi connectivity index (χ4v) is 2.37. The molecular formula is C18H19N5O3. The average Bonchev–Trinajstić information content (AvgIpc) is 2.98. The van der Waals surface area contributed by atoms with Gasteiger partial charge in [-0.3, -0.25) is 9.59 Å². The van der Waals surface area contributed by atoms with Crippen LogP contribution in [0.1, 0.15) is 31.1 Å². The van der Waals surface area contributed by atoms with E-state index >= 15 is 0 Å². The van der Waals surface area contributed by atoms with Gasteiger partial charge < -0.3 is 14.6 Å². The number of rotatable bonds is 4. The molecule has 2 aromatic heterocycles. The molecule has 0 aliphatic carbocycles. The summed E-state index contributed by atoms with van der Waals surface area (Å²) < 4.78 is 6.87. The number of hydrogen-bond acceptors (Lipinski definition) is 6. The highest BCUT2D eigenvalue weighted by atomic mass is 16.6. The number of nitrogens with zero attached hydrogens (tertiary/aromatic N) is 4. The molecule has 0 saturated carbocycles. The van der Waals surface area contributed by atoms with Gasteiger partial charge in [-0.1, -0.05) is 18.2 Å². The first-order chi connectivity index (χ1) is 12.3. The number of fused-ring (bicyclic) bond motifs is 1. The molecule has 0 spiro atoms. The zero-order chi connectivity index (χ0) is 18.7. The van der Waals surface area contributed by atoms with E-state index in [4.69, 9.17) is 4.74 Å². The molecule has 0 atom stereocenters. The predicted molar refractivity (Wildman–Crippen MR) is 95.6 cm³/mol. The second-order valence-corrected chi connectivity index (χ2v) is 6.67. The molecule has 1 N–H and O–H groups in total. The summed E-state index contributed by atoms with van der Waals surface area (Å²) >= 11 is 0. The number of hydrogen-bond donors (Lipinski definition) is 1. The lowest BCUT2D eigenvalue weighted by Crippen LogP contribution is -2.26. The Labute approximate surface area is 150 Å². The normalized spacial score (nSPS) is 11.3. The number of carbonyl (C=O) groups is 2. The molecular weight excluding hydrogens is 334 g/mol. The minimum absolute atomic E-state index is 0.0309. The van der Waals surface area contributed by atoms with Crippen LogP contribution in [0.4, 0.5) is 5.82 Å². The first kappa shape index (κ1) is 17.5. The second-order valence-electron chi connectivity index (χ2n) is 6.67. The summed E-state index contributed by atoms with van der Waals surface area (Å²) in [4.78, 5) is 36.8. The third-order valence-corrected chi connectivity index (χ3v) is 3.39. The summed E-state index contributed by atoms with van der Waals surface area (Å²) in [6, 6.07) is 8.79. The number of anilines is 1. The molecule has 0 saturated heterocycles. The van der Waals surface area contributed by atoms with Gasteiger partial charge in [0.25, 0.3) is 5.91 Å². The summed E-state index contributed by atoms with van der Waals surface area (Å²) in [5.41, 5.74) is 0.777. The molecule has 0 unspecified atom stereocenters. The van der Waals surface area contributed by atoms with Gasteiger partial charge in [-0.2, -0.15) is 0 Å². The number of nitrogens with one attached hydrogen (secondary N) is 1. The van der Waals surface area contributed by atoms with E-state index in [2.05, 4.69) is 20.3 Å². The molecule has 3 aromatic rings. The van der Waals surface area contributed by atoms with Crippen molar-refractivity contribution in [3.05, 3.63) is 48.5 Å². The van der Waals surface area contributed by atoms with Crippen LogP contribution in [-0.2, 0) is 16.1 Å². The average molecular weight is 353 g/mol. The Morgan fingerprint density at radius 2 is 1.85 bits per heavy atom. The topological polar surface area (TPSA) is 99.0 Å². The van der Waals surface area contributed by atoms with E-state index in [-0.39, 0.29) is 18.3 Å². The number of carbonyl (C=O) groups excluding carboxylic acids is 2. The van der Waals surface area contributed by atoms with Gasteiger partial charge in [0.1, 0.15) is 18.5 Å². The Morgan fingerprint density at radius 1 is 1.12 bits per heavy atom. The van der Waals surface area contributed by atoms with Gasteiger partial charge in [0.2, 0.25) is 0 Å². The third kappa shape index (κ3) is 4.02. The van der Waals surface area contributed by atoms with E-state index < -0.39 is 11.6 Å². The smallest absolute Gasteiger partial charge is 0.326 e. The van der Waals surface area contributed by atoms with Crippen LogP contribution < -0.4 is 5.32 Å². The quantitative estimate of drug-likeness (QED) is 0.723. The van der Waals surface area contributed by atoms with Crippen molar-refractivity contribution in [1.29, 1.82) is 0 Å². The number of esters is 1. The van der Waals surface area contributed by atoms with Crippen molar-refractivity contribution in [2.75, 3.05) is 5.32 Å². The molecule has 0 radical (unpaired) electrons. The number of aromatic nitrogens is 4. The maximum Gasteiger partial charge on any atom is 0.326 e. The molecule has 8 nitrogen and oxygen atoms in total. The van der Waals surface area contributed by atoms with Crippen molar-refractivity contribution in [3.63, 3.8) is 0 Å². The van der Waals surface area contributed by atoms with Gasteiger partial charge in [0.05, 0.1) is 6.33 Å². The number of ether oxygens (including phenoxy) is 1. The molecule has 26 heavy (non-hydrogen) atoms. The molecule has 3 rings (SSSR count). The predicted octanol–water partition coefficient (Wildman–Crippen LogP) is 2.42. The molecule has 1 amide bonds. The molecule has 0 bridgehead atoms. The molecule has 0 aliphatic rings. The van der Waals surface area contributed by atoms with E-state index in [0.29, 0.717) is 16.7 Å². The van der Waals surface area contributed by atoms with Crippen LogP contribution >= 0.6 is 0 Å². The highest BCUT2D eigenvalue weighted by Gasteiger charge is 2.19. The van der Waals surface area contributed by atoms with Gasteiger partial charge in [-0.25, -0.2) is 15.0 Å². The SMILES string of the molecule is CC(C)(C)OC(=O)Cn1cnc2c(NC(=O)c3ccccc3)ncnc21. The molecule has 1 aromatic carbocycles. The van der Waals surface area contributed by atoms with E-state index in [1.54, 1.807) is 49.6 Å². The minimum atomic E-state index is -0.572. The largest absolute Gasteiger partial charge is 0.459 e. The van der Waals surface area contributed by atoms with Gasteiger partial charge in [-0.15, -0.1) is 0 Å². The van der Waals surface area contributed by atoms with E-state index in [1.807, 2.05) is 6.07 Å². The van der Waals surface area contributed by atoms with Crippen molar-refractivity contribution >= 4 is 28.9 Å². The van der Waals surface area contributed by atoms with Crippen molar-refractivity contribution in [2.45, 2.75) is 32.9 Å². The zero-order valence-corrected chi connectivity index (χ0v) is 14.8. The Morgan fingerprint density at radius 3 is 2.54 bits per heavy atom. The molecule has 0 fully saturated rings. The summed E-state index contributed by atoms with van der Waals surface area (Å²) in [5.74, 6) is -0.413. The summed E-state index contributed by atoms with van der Waals surface area (Å²) in [7, 11) is 0. The van der Waals surface area contributed by atoms with Crippen LogP contribution in [0.2, 0.25) is 0 Å². The van der Waals surface area contributed by atoms with E-state index in [0.717, 1.165) is 0 Å². The van der Waals surface area contributed by atoms with Crippen LogP contribution in [0.3, 0.4) is 0 Å². The van der Waals surface area contributed by atoms with Gasteiger partial charge >= 0.3 is 5.97 Å². The molecule has 2 heterocycles. The minimum Gasteiger partial charge on any atom is -0.459 e. The van der Waals surface area contributed by atoms with E-state index in [9.17, 15) is 9.59 Å². The van der Waals surface area contributed by atoms with Crippen molar-refractivity contribution < 1.29 is 14.3 Å². The standard InChI is InChI=1S/C18H19N5O3/c1-18(2,3)26-13(24)9-23-11-21-14-15(19-10-20-16(14)23)22-17(25)12-7-5-4-6-8-12/h4-8,10-11H,9H2,1-3H3,(H,19,20,22,25). The van der Waals surface area contributed by atoms with Gasteiger partial charge in [-0.05, 0) is 32.9 Å². The lowest BCUT2D eigenvalue weighted by Gasteiger charge is -2.19. The van der Waals surface area contributed by atoms with Crippen molar-refractivity contribution in [2.24, 2.45) is 0 Å². The highest BCUT2D eigenvalue weighted by Crippen LogP contribution is 2.18. The van der Waals surface area contributed by atoms with Crippen LogP contribution in [0.15, 0.2) is 43.0 Å². The second kappa shape index (κ2) is 6.91. The van der Waals surface area contributed by atoms with E-state index in [1.165, 1.54) is 12.7 Å². The van der Waals surface area contributed by atoms with Crippen LogP contribution in [0.25, 0.3) is 11.2 Å². The Balaban J connectivity index is 1.83. The first-order valence-corrected chi connectivity index (χ1v) is 8.07. The van der Waals surface area contributed by atoms with Crippen molar-refractivity contribution in [3.8, 4) is 0 Å². The maximum absolute atomic E-state index is 12.3. The fraction of sp³-hybridized carbons (Fsp3) is 0.278. The Kier molecular flexibility index (Phi) is 4.66. The number of amides is 1. The zero-order valence-electron chi connectivity index (χ0n) is 14.8. The summed E-state index contributed by atoms with van der Waals surface area (Å²) in [5, 5.41) is 2.72. The maximum atomic E-state index is 12.3. The third-order valence-electron chi connectivity index (χ3n) is 3.39. The summed E-state index contributed by atoms with van der Waals surface area (Å²) in [6.07, 6.45) is 2.79. The summed E-state index contributed by atoms with van der Waals surface area (Å²) in [6.45, 7) is 5.37. The highest BCUT2D eigenvalue weighted by molar-refractivity contribution is 6.06. The molecule has 134 valence electrons. The monoisotopic (exact) mass is 353 g/mol. The first-order valence-electron chi connectivity index (χ1n) is 8.07. The van der Waals surface area contributed by atoms with Crippen LogP contribution in [0.5, 0.6) is 0 Å². The van der Waals surface area contributed by atoms with Crippen molar-refractivity contribution in [1.82, 2.24) is 19.5 Å². The van der Waals surface area contributed by atoms with Gasteiger partial charge in [0, 0.05) is 5.56 Å². The number of imidazole rings is 1. The fourth-order valence-electron chi connectivity index (χ4n) is 2.37. The lowest BCUT2D eigenvalue weighted by atomic mass is 10.2. The van der Waals surface area contributed by atoms with Crippen LogP contribution in [0, 0.1) is 0 Å². The Hall–Kier alpha value is -3.29. The Bertz CT molecular complexity index is 944. The van der Waals surface area contributed by atoms with Gasteiger partial charge in [0.15, 0.2) is 17.0 Å². The molecule has 8 heteroatoms. The molecule has 0 aliphatic heterocycles. The van der Waals surface area contributed by atoms with Crippen LogP contribution in [-0.4, -0.2) is 37.0 Å². The number of benzene rings is 1. The lowest BCUT2D eigenvalue weighted by molar-refractivity contribution is -0.155.